The summed E-state index contributed by atoms with van der Waals surface area (Å²) in [6.45, 7) is 3.54. The zero-order chi connectivity index (χ0) is 23.4. The molecule has 1 aromatic heterocycles. The van der Waals surface area contributed by atoms with E-state index in [2.05, 4.69) is 21.7 Å². The molecule has 1 atom stereocenters. The van der Waals surface area contributed by atoms with Gasteiger partial charge in [-0.05, 0) is 37.3 Å². The van der Waals surface area contributed by atoms with Crippen LogP contribution in [0.5, 0.6) is 0 Å². The van der Waals surface area contributed by atoms with Crippen LogP contribution in [0.25, 0.3) is 0 Å². The van der Waals surface area contributed by atoms with Gasteiger partial charge in [0.25, 0.3) is 0 Å². The summed E-state index contributed by atoms with van der Waals surface area (Å²) in [4.78, 5) is 20.3. The van der Waals surface area contributed by atoms with Crippen LogP contribution in [0.3, 0.4) is 0 Å². The number of pyridine rings is 1. The van der Waals surface area contributed by atoms with Crippen molar-refractivity contribution >= 4 is 40.4 Å². The van der Waals surface area contributed by atoms with E-state index in [9.17, 15) is 10.1 Å². The van der Waals surface area contributed by atoms with E-state index in [4.69, 9.17) is 17.0 Å². The van der Waals surface area contributed by atoms with Gasteiger partial charge in [-0.1, -0.05) is 12.2 Å². The Morgan fingerprint density at radius 3 is 2.82 bits per heavy atom. The molecule has 4 rings (SSSR count). The number of nitriles is 1. The number of cyclic esters (lactones) is 1. The second-order valence-corrected chi connectivity index (χ2v) is 8.85. The largest absolute Gasteiger partial charge is 0.442 e. The minimum atomic E-state index is -0.723. The minimum absolute atomic E-state index is 0.321. The first-order valence-electron chi connectivity index (χ1n) is 10.8. The lowest BCUT2D eigenvalue weighted by molar-refractivity contribution is 0.143. The number of amides is 1. The smallest absolute Gasteiger partial charge is 0.414 e. The average molecular weight is 469 g/mol. The molecule has 0 saturated carbocycles. The predicted octanol–water partition coefficient (Wildman–Crippen LogP) is 3.46. The highest BCUT2D eigenvalue weighted by molar-refractivity contribution is 7.80. The number of thiocarbonyl (C=S) groups is 1. The Morgan fingerprint density at radius 2 is 2.18 bits per heavy atom. The summed E-state index contributed by atoms with van der Waals surface area (Å²) in [6.07, 6.45) is 3.57. The van der Waals surface area contributed by atoms with Crippen LogP contribution < -0.4 is 20.4 Å². The van der Waals surface area contributed by atoms with Crippen LogP contribution in [-0.2, 0) is 4.74 Å². The number of carbonyl (C=O) groups excluding carboxylic acids is 1. The Morgan fingerprint density at radius 1 is 1.39 bits per heavy atom. The molecule has 2 saturated heterocycles. The zero-order valence-electron chi connectivity index (χ0n) is 18.3. The molecule has 3 heterocycles. The van der Waals surface area contributed by atoms with Gasteiger partial charge in [0.1, 0.15) is 17.5 Å². The fourth-order valence-electron chi connectivity index (χ4n) is 4.12. The molecule has 2 fully saturated rings. The highest BCUT2D eigenvalue weighted by atomic mass is 32.1. The SMILES string of the molecule is CC(=S)NCC1CN(c2ccc(N3CCC(C#N)(Nc4cccnc4)CC3)c(F)c2)C(=O)O1. The number of rotatable bonds is 6. The fourth-order valence-corrected chi connectivity index (χ4v) is 4.21. The second kappa shape index (κ2) is 9.58. The number of nitrogens with zero attached hydrogens (tertiary/aromatic N) is 4. The minimum Gasteiger partial charge on any atom is -0.442 e. The molecular formula is C23H25FN6O2S. The molecule has 0 spiro atoms. The van der Waals surface area contributed by atoms with Crippen LogP contribution in [-0.4, -0.2) is 53.9 Å². The quantitative estimate of drug-likeness (QED) is 0.623. The van der Waals surface area contributed by atoms with Crippen molar-refractivity contribution in [2.45, 2.75) is 31.4 Å². The van der Waals surface area contributed by atoms with Gasteiger partial charge in [0.15, 0.2) is 0 Å². The van der Waals surface area contributed by atoms with Crippen molar-refractivity contribution < 1.29 is 13.9 Å². The average Bonchev–Trinajstić information content (AvgIpc) is 3.19. The molecule has 8 nitrogen and oxygen atoms in total. The Hall–Kier alpha value is -3.45. The molecule has 2 aliphatic heterocycles. The molecule has 33 heavy (non-hydrogen) atoms. The van der Waals surface area contributed by atoms with Gasteiger partial charge >= 0.3 is 6.09 Å². The van der Waals surface area contributed by atoms with E-state index >= 15 is 4.39 Å². The van der Waals surface area contributed by atoms with Crippen LogP contribution in [0, 0.1) is 17.1 Å². The number of benzene rings is 1. The van der Waals surface area contributed by atoms with E-state index in [0.29, 0.717) is 55.4 Å². The molecule has 0 aliphatic carbocycles. The highest BCUT2D eigenvalue weighted by Crippen LogP contribution is 2.32. The van der Waals surface area contributed by atoms with E-state index in [1.165, 1.54) is 11.0 Å². The number of carbonyl (C=O) groups is 1. The van der Waals surface area contributed by atoms with Crippen molar-refractivity contribution in [1.82, 2.24) is 10.3 Å². The van der Waals surface area contributed by atoms with E-state index in [0.717, 1.165) is 5.69 Å². The van der Waals surface area contributed by atoms with Gasteiger partial charge in [-0.15, -0.1) is 0 Å². The number of nitrogens with one attached hydrogen (secondary N) is 2. The van der Waals surface area contributed by atoms with Gasteiger partial charge in [-0.3, -0.25) is 9.88 Å². The Bertz CT molecular complexity index is 1070. The van der Waals surface area contributed by atoms with Gasteiger partial charge in [0.2, 0.25) is 0 Å². The molecule has 172 valence electrons. The van der Waals surface area contributed by atoms with Gasteiger partial charge in [-0.2, -0.15) is 5.26 Å². The summed E-state index contributed by atoms with van der Waals surface area (Å²) in [5.74, 6) is -0.415. The van der Waals surface area contributed by atoms with Crippen LogP contribution in [0.1, 0.15) is 19.8 Å². The van der Waals surface area contributed by atoms with Crippen LogP contribution in [0.15, 0.2) is 42.7 Å². The van der Waals surface area contributed by atoms with Gasteiger partial charge in [-0.25, -0.2) is 9.18 Å². The molecule has 0 radical (unpaired) electrons. The summed E-state index contributed by atoms with van der Waals surface area (Å²) in [5.41, 5.74) is 0.965. The van der Waals surface area contributed by atoms with Crippen LogP contribution in [0.2, 0.25) is 0 Å². The lowest BCUT2D eigenvalue weighted by atomic mass is 9.88. The first kappa shape index (κ1) is 22.7. The third-order valence-corrected chi connectivity index (χ3v) is 6.06. The maximum atomic E-state index is 15.0. The van der Waals surface area contributed by atoms with Crippen molar-refractivity contribution in [1.29, 1.82) is 5.26 Å². The molecule has 2 aromatic rings. The number of halogens is 1. The molecule has 10 heteroatoms. The van der Waals surface area contributed by atoms with E-state index < -0.39 is 17.4 Å². The number of piperidine rings is 1. The third-order valence-electron chi connectivity index (χ3n) is 5.91. The van der Waals surface area contributed by atoms with Crippen molar-refractivity contribution in [3.8, 4) is 6.07 Å². The second-order valence-electron chi connectivity index (χ2n) is 8.24. The Labute approximate surface area is 197 Å². The van der Waals surface area contributed by atoms with Gasteiger partial charge < -0.3 is 20.3 Å². The van der Waals surface area contributed by atoms with E-state index in [1.807, 2.05) is 17.0 Å². The zero-order valence-corrected chi connectivity index (χ0v) is 19.1. The normalized spacial score (nSPS) is 19.5. The summed E-state index contributed by atoms with van der Waals surface area (Å²) in [5, 5.41) is 16.1. The summed E-state index contributed by atoms with van der Waals surface area (Å²) >= 11 is 4.99. The third kappa shape index (κ3) is 5.14. The van der Waals surface area contributed by atoms with Gasteiger partial charge in [0.05, 0.1) is 41.2 Å². The number of ether oxygens (including phenoxy) is 1. The van der Waals surface area contributed by atoms with Crippen LogP contribution >= 0.6 is 12.2 Å². The number of hydrogen-bond acceptors (Lipinski definition) is 7. The first-order valence-corrected chi connectivity index (χ1v) is 11.2. The molecule has 2 aliphatic rings. The van der Waals surface area contributed by atoms with Crippen molar-refractivity contribution in [2.75, 3.05) is 41.3 Å². The molecule has 1 amide bonds. The first-order chi connectivity index (χ1) is 15.9. The Kier molecular flexibility index (Phi) is 6.60. The van der Waals surface area contributed by atoms with Crippen molar-refractivity contribution in [3.05, 3.63) is 48.5 Å². The monoisotopic (exact) mass is 468 g/mol. The Balaban J connectivity index is 1.40. The maximum absolute atomic E-state index is 15.0. The number of anilines is 3. The highest BCUT2D eigenvalue weighted by Gasteiger charge is 2.36. The van der Waals surface area contributed by atoms with Crippen molar-refractivity contribution in [3.63, 3.8) is 0 Å². The molecule has 2 N–H and O–H groups in total. The standard InChI is InChI=1S/C23H25FN6O2S/c1-16(33)27-13-19-14-30(22(31)32-19)18-4-5-21(20(24)11-18)29-9-6-23(15-25,7-10-29)28-17-3-2-8-26-12-17/h2-5,8,11-12,19,28H,6-7,9-10,13-14H2,1H3,(H,27,33). The molecule has 1 aromatic carbocycles. The van der Waals surface area contributed by atoms with Crippen molar-refractivity contribution in [2.24, 2.45) is 0 Å². The topological polar surface area (TPSA) is 93.5 Å². The van der Waals surface area contributed by atoms with E-state index in [1.54, 1.807) is 31.5 Å². The lowest BCUT2D eigenvalue weighted by Crippen LogP contribution is -2.48. The molecule has 0 bridgehead atoms. The maximum Gasteiger partial charge on any atom is 0.414 e. The molecular weight excluding hydrogens is 443 g/mol. The summed E-state index contributed by atoms with van der Waals surface area (Å²) in [6, 6.07) is 10.8. The summed E-state index contributed by atoms with van der Waals surface area (Å²) in [7, 11) is 0. The lowest BCUT2D eigenvalue weighted by Gasteiger charge is -2.39. The van der Waals surface area contributed by atoms with Crippen LogP contribution in [0.4, 0.5) is 26.2 Å². The number of hydrogen-bond donors (Lipinski definition) is 2. The predicted molar refractivity (Wildman–Crippen MR) is 128 cm³/mol. The van der Waals surface area contributed by atoms with E-state index in [-0.39, 0.29) is 6.10 Å². The van der Waals surface area contributed by atoms with Gasteiger partial charge in [0, 0.05) is 38.3 Å². The summed E-state index contributed by atoms with van der Waals surface area (Å²) < 4.78 is 20.4. The number of aromatic nitrogens is 1. The fraction of sp³-hybridized carbons (Fsp3) is 0.391. The molecule has 1 unspecified atom stereocenters.